The Morgan fingerprint density at radius 3 is 0.494 bits per heavy atom. The van der Waals surface area contributed by atoms with Crippen LogP contribution >= 0.6 is 0 Å². The summed E-state index contributed by atoms with van der Waals surface area (Å²) in [5.74, 6) is 0. The molecule has 8 fully saturated rings. The number of hydrogen-bond donors (Lipinski definition) is 26. The van der Waals surface area contributed by atoms with Crippen LogP contribution in [0.4, 0.5) is 0 Å². The first kappa shape index (κ1) is 73.2. The van der Waals surface area contributed by atoms with E-state index >= 15 is 0 Å². The lowest BCUT2D eigenvalue weighted by atomic mass is 9.97. The molecule has 8 heterocycles. The minimum absolute atomic E-state index is 0.721. The molecule has 0 bridgehead atoms. The van der Waals surface area contributed by atoms with Gasteiger partial charge < -0.3 is 204 Å². The molecule has 8 aliphatic rings. The Hall–Kier alpha value is -1.64. The van der Waals surface area contributed by atoms with Gasteiger partial charge in [0.15, 0.2) is 50.3 Å². The Morgan fingerprint density at radius 1 is 0.169 bits per heavy atom. The van der Waals surface area contributed by atoms with Gasteiger partial charge in [-0.1, -0.05) is 0 Å². The number of hydrogen-bond acceptors (Lipinski definition) is 41. The third kappa shape index (κ3) is 16.1. The third-order valence-corrected chi connectivity index (χ3v) is 16.5. The topological polar surface area (TPSA) is 664 Å². The van der Waals surface area contributed by atoms with Crippen molar-refractivity contribution < 1.29 is 204 Å². The van der Waals surface area contributed by atoms with Gasteiger partial charge in [-0.15, -0.1) is 0 Å². The van der Waals surface area contributed by atoms with E-state index in [1.807, 2.05) is 0 Å². The summed E-state index contributed by atoms with van der Waals surface area (Å²) in [5.41, 5.74) is 0. The molecule has 41 heteroatoms. The number of aliphatic hydroxyl groups excluding tert-OH is 26. The molecule has 8 rings (SSSR count). The predicted octanol–water partition coefficient (Wildman–Crippen LogP) is -18.5. The average Bonchev–Trinajstić information content (AvgIpc) is 3.72. The fraction of sp³-hybridized carbons (Fsp3) is 1.00. The monoisotopic (exact) mass is 1310 g/mol. The van der Waals surface area contributed by atoms with Crippen molar-refractivity contribution in [3.05, 3.63) is 0 Å². The molecule has 0 spiro atoms. The lowest BCUT2D eigenvalue weighted by Gasteiger charge is -2.45. The third-order valence-electron chi connectivity index (χ3n) is 16.5. The lowest BCUT2D eigenvalue weighted by molar-refractivity contribution is -0.354. The van der Waals surface area contributed by atoms with Crippen LogP contribution in [0.25, 0.3) is 0 Å². The highest BCUT2D eigenvalue weighted by Crippen LogP contribution is 2.33. The van der Waals surface area contributed by atoms with E-state index < -0.39 is 299 Å². The van der Waals surface area contributed by atoms with E-state index in [9.17, 15) is 133 Å². The van der Waals surface area contributed by atoms with Crippen molar-refractivity contribution >= 4 is 0 Å². The molecule has 520 valence electrons. The van der Waals surface area contributed by atoms with Gasteiger partial charge in [0.25, 0.3) is 0 Å². The van der Waals surface area contributed by atoms with E-state index in [0.29, 0.717) is 0 Å². The molecule has 0 saturated carbocycles. The van der Waals surface area contributed by atoms with Crippen molar-refractivity contribution in [2.24, 2.45) is 0 Å². The Balaban J connectivity index is 0.811. The molecular formula is C48H82O41. The summed E-state index contributed by atoms with van der Waals surface area (Å²) in [4.78, 5) is 0. The molecule has 0 aliphatic carbocycles. The van der Waals surface area contributed by atoms with E-state index in [4.69, 9.17) is 71.1 Å². The Kier molecular flexibility index (Phi) is 25.9. The van der Waals surface area contributed by atoms with Crippen LogP contribution in [-0.2, 0) is 71.1 Å². The molecule has 1 unspecified atom stereocenters. The molecule has 8 aliphatic heterocycles. The van der Waals surface area contributed by atoms with Crippen molar-refractivity contribution in [1.29, 1.82) is 0 Å². The summed E-state index contributed by atoms with van der Waals surface area (Å²) in [6.45, 7) is -6.46. The first-order valence-electron chi connectivity index (χ1n) is 28.1. The summed E-state index contributed by atoms with van der Waals surface area (Å²) < 4.78 is 82.3. The van der Waals surface area contributed by atoms with Gasteiger partial charge in [0.05, 0.1) is 52.9 Å². The second-order valence-corrected chi connectivity index (χ2v) is 22.7. The van der Waals surface area contributed by atoms with Crippen molar-refractivity contribution in [2.75, 3.05) is 52.9 Å². The first-order valence-corrected chi connectivity index (χ1v) is 28.1. The summed E-state index contributed by atoms with van der Waals surface area (Å²) in [7, 11) is 0. The highest BCUT2D eigenvalue weighted by molar-refractivity contribution is 4.98. The van der Waals surface area contributed by atoms with Gasteiger partial charge in [0.1, 0.15) is 195 Å². The van der Waals surface area contributed by atoms with Crippen LogP contribution in [0.3, 0.4) is 0 Å². The summed E-state index contributed by atoms with van der Waals surface area (Å²) in [6, 6.07) is 0. The lowest BCUT2D eigenvalue weighted by Crippen LogP contribution is -2.63. The molecule has 41 nitrogen and oxygen atoms in total. The second-order valence-electron chi connectivity index (χ2n) is 22.7. The maximum atomic E-state index is 10.9. The van der Waals surface area contributed by atoms with Crippen molar-refractivity contribution in [3.63, 3.8) is 0 Å². The van der Waals surface area contributed by atoms with Gasteiger partial charge in [-0.05, 0) is 0 Å². The summed E-state index contributed by atoms with van der Waals surface area (Å²) in [5, 5.41) is 273. The Labute approximate surface area is 501 Å². The van der Waals surface area contributed by atoms with Crippen LogP contribution in [0.2, 0.25) is 0 Å². The van der Waals surface area contributed by atoms with Gasteiger partial charge in [-0.3, -0.25) is 0 Å². The normalized spacial score (nSPS) is 53.6. The minimum Gasteiger partial charge on any atom is -0.394 e. The second kappa shape index (κ2) is 31.5. The molecular weight excluding hydrogens is 1230 g/mol. The van der Waals surface area contributed by atoms with E-state index in [0.717, 1.165) is 0 Å². The fourth-order valence-electron chi connectivity index (χ4n) is 10.8. The maximum absolute atomic E-state index is 10.9. The van der Waals surface area contributed by atoms with Gasteiger partial charge in [0.2, 0.25) is 0 Å². The SMILES string of the molecule is OC[C@H]1O[C@@H](OC[C@H]2O[C@@H](OC[C@H]3O[C@@H](OC[C@H]4O[C@@H](OC[C@H]5O[C@@H](OC[C@H]6O[C@@H](OC[C@H]7O[C@@H](OC[C@H]8OC(O)[C@H](O)[C@@H](O)[C@@H]8O)[C@H](O)[C@@H](O)[C@@H]7O)[C@H](O)[C@@H](O)[C@@H]6O)[C@H](O)[C@@H](O)[C@@H]5O)[C@H](O)[C@@H](O)[C@H]4O)[C@H](O)[C@@H](O)[C@H]3O)[C@H](O)[C@@H](O)[C@H]2O)[C@H](O)[C@@H](O)[C@H]1O. The number of rotatable bonds is 22. The van der Waals surface area contributed by atoms with Gasteiger partial charge in [-0.25, -0.2) is 0 Å². The van der Waals surface area contributed by atoms with Gasteiger partial charge in [-0.2, -0.15) is 0 Å². The van der Waals surface area contributed by atoms with Crippen LogP contribution in [-0.4, -0.2) is 431 Å². The van der Waals surface area contributed by atoms with Crippen molar-refractivity contribution in [2.45, 2.75) is 246 Å². The zero-order chi connectivity index (χ0) is 65.4. The highest BCUT2D eigenvalue weighted by atomic mass is 16.8. The summed E-state index contributed by atoms with van der Waals surface area (Å²) in [6.07, 6.45) is -74.9. The smallest absolute Gasteiger partial charge is 0.186 e. The maximum Gasteiger partial charge on any atom is 0.186 e. The Morgan fingerprint density at radius 2 is 0.315 bits per heavy atom. The number of ether oxygens (including phenoxy) is 15. The average molecular weight is 1320 g/mol. The number of aliphatic hydroxyl groups is 26. The molecule has 0 amide bonds. The standard InChI is InChI=1S/C48H82O41/c49-1-9-17(50)26(59)34(67)42(83-9)76-3-11-19(52)28(61)36(69)44(85-11)78-5-13-21(54)30(63)38(71)46(87-13)80-7-15-23(56)32(65)40(73)48(89-15)81-8-16-24(57)31(64)39(72)47(88-16)79-6-14-22(55)29(62)37(70)45(86-14)77-4-12-20(53)27(60)35(68)43(84-12)75-2-10-18(51)25(58)33(66)41(74)82-10/h9-74H,1-8H2/t9-,10-,11-,12-,13-,14-,15-,16-,17+,18-,19+,20-,21+,22-,23+,24-,25+,26+,27+,28+,29+,30+,31+,32+,33-,34-,35-,36-,37-,38-,39-,40-,41?,42-,43-,44-,45-,46-,47-,48-/m1/s1. The van der Waals surface area contributed by atoms with E-state index in [-0.39, 0.29) is 0 Å². The van der Waals surface area contributed by atoms with E-state index in [1.54, 1.807) is 0 Å². The first-order chi connectivity index (χ1) is 42.0. The summed E-state index contributed by atoms with van der Waals surface area (Å²) >= 11 is 0. The molecule has 0 aromatic carbocycles. The van der Waals surface area contributed by atoms with E-state index in [1.165, 1.54) is 0 Å². The molecule has 40 atom stereocenters. The molecule has 8 saturated heterocycles. The quantitative estimate of drug-likeness (QED) is 0.0479. The highest BCUT2D eigenvalue weighted by Gasteiger charge is 2.54. The van der Waals surface area contributed by atoms with E-state index in [2.05, 4.69) is 0 Å². The van der Waals surface area contributed by atoms with Crippen LogP contribution in [0.1, 0.15) is 0 Å². The van der Waals surface area contributed by atoms with Crippen LogP contribution in [0.15, 0.2) is 0 Å². The fourth-order valence-corrected chi connectivity index (χ4v) is 10.8. The minimum atomic E-state index is -2.09. The van der Waals surface area contributed by atoms with Crippen LogP contribution in [0.5, 0.6) is 0 Å². The molecule has 0 aromatic heterocycles. The molecule has 0 radical (unpaired) electrons. The van der Waals surface area contributed by atoms with Crippen molar-refractivity contribution in [1.82, 2.24) is 0 Å². The zero-order valence-corrected chi connectivity index (χ0v) is 46.5. The Bertz CT molecular complexity index is 2130. The van der Waals surface area contributed by atoms with Crippen LogP contribution < -0.4 is 0 Å². The van der Waals surface area contributed by atoms with Crippen LogP contribution in [0, 0.1) is 0 Å². The van der Waals surface area contributed by atoms with Gasteiger partial charge in [0, 0.05) is 0 Å². The van der Waals surface area contributed by atoms with Gasteiger partial charge >= 0.3 is 0 Å². The molecule has 0 aromatic rings. The van der Waals surface area contributed by atoms with Crippen molar-refractivity contribution in [3.8, 4) is 0 Å². The molecule has 89 heavy (non-hydrogen) atoms. The molecule has 26 N–H and O–H groups in total. The zero-order valence-electron chi connectivity index (χ0n) is 46.5. The predicted molar refractivity (Wildman–Crippen MR) is 264 cm³/mol. The largest absolute Gasteiger partial charge is 0.394 e.